The molecule has 1 amide bonds. The van der Waals surface area contributed by atoms with Gasteiger partial charge < -0.3 is 10.1 Å². The van der Waals surface area contributed by atoms with Crippen molar-refractivity contribution in [2.24, 2.45) is 0 Å². The van der Waals surface area contributed by atoms with Gasteiger partial charge in [0, 0.05) is 30.3 Å². The van der Waals surface area contributed by atoms with E-state index in [9.17, 15) is 30.8 Å². The molecule has 2 aliphatic carbocycles. The smallest absolute Gasteiger partial charge is 0.406 e. The zero-order valence-corrected chi connectivity index (χ0v) is 25.2. The lowest BCUT2D eigenvalue weighted by atomic mass is 9.94. The van der Waals surface area contributed by atoms with Gasteiger partial charge in [-0.2, -0.15) is 4.31 Å². The van der Waals surface area contributed by atoms with Crippen molar-refractivity contribution in [3.63, 3.8) is 0 Å². The topological polar surface area (TPSA) is 88.6 Å². The van der Waals surface area contributed by atoms with Crippen LogP contribution in [-0.2, 0) is 21.4 Å². The third-order valence-corrected chi connectivity index (χ3v) is 10.4. The molecule has 12 heteroatoms. The maximum absolute atomic E-state index is 13.6. The van der Waals surface area contributed by atoms with Crippen molar-refractivity contribution in [1.29, 1.82) is 0 Å². The van der Waals surface area contributed by atoms with Crippen LogP contribution in [0.3, 0.4) is 0 Å². The summed E-state index contributed by atoms with van der Waals surface area (Å²) in [5.74, 6) is -1.10. The lowest BCUT2D eigenvalue weighted by Crippen LogP contribution is -2.51. The molecule has 3 aromatic rings. The third-order valence-electron chi connectivity index (χ3n) is 8.33. The van der Waals surface area contributed by atoms with Crippen molar-refractivity contribution in [2.75, 3.05) is 6.54 Å². The first-order chi connectivity index (χ1) is 20.9. The van der Waals surface area contributed by atoms with E-state index in [1.165, 1.54) is 40.7 Å². The molecule has 0 saturated heterocycles. The van der Waals surface area contributed by atoms with Gasteiger partial charge in [0.15, 0.2) is 0 Å². The van der Waals surface area contributed by atoms with Crippen LogP contribution in [0, 0.1) is 5.82 Å². The van der Waals surface area contributed by atoms with E-state index in [1.54, 1.807) is 13.0 Å². The summed E-state index contributed by atoms with van der Waals surface area (Å²) in [6.45, 7) is 1.83. The number of carbonyl (C=O) groups is 1. The summed E-state index contributed by atoms with van der Waals surface area (Å²) in [4.78, 5) is 18.4. The van der Waals surface area contributed by atoms with Crippen LogP contribution < -0.4 is 10.1 Å². The Morgan fingerprint density at radius 1 is 1.00 bits per heavy atom. The Morgan fingerprint density at radius 3 is 2.20 bits per heavy atom. The van der Waals surface area contributed by atoms with Gasteiger partial charge in [-0.1, -0.05) is 32.6 Å². The molecule has 0 aliphatic heterocycles. The number of amides is 1. The number of benzene rings is 2. The Bertz CT molecular complexity index is 1570. The van der Waals surface area contributed by atoms with Gasteiger partial charge in [0.1, 0.15) is 17.1 Å². The van der Waals surface area contributed by atoms with Crippen molar-refractivity contribution in [1.82, 2.24) is 14.6 Å². The summed E-state index contributed by atoms with van der Waals surface area (Å²) < 4.78 is 83.5. The monoisotopic (exact) mass is 633 g/mol. The summed E-state index contributed by atoms with van der Waals surface area (Å²) in [5, 5.41) is 2.93. The van der Waals surface area contributed by atoms with Crippen molar-refractivity contribution in [3.05, 3.63) is 77.7 Å². The molecule has 0 radical (unpaired) electrons. The molecule has 236 valence electrons. The second-order valence-corrected chi connectivity index (χ2v) is 13.2. The maximum atomic E-state index is 13.6. The Morgan fingerprint density at radius 2 is 1.64 bits per heavy atom. The summed E-state index contributed by atoms with van der Waals surface area (Å²) in [5.41, 5.74) is 1.53. The minimum Gasteiger partial charge on any atom is -0.406 e. The molecule has 1 N–H and O–H groups in total. The summed E-state index contributed by atoms with van der Waals surface area (Å²) in [7, 11) is -4.06. The van der Waals surface area contributed by atoms with Crippen LogP contribution in [0.25, 0.3) is 11.3 Å². The standard InChI is InChI=1S/C32H35F4N3O4S/c1-2-39(44(41,42)27-15-11-25(33)12-16-27)31(17-18-31)30(40)37-21-22-19-28(23-7-5-3-4-6-8-23)38-29(20-22)24-9-13-26(14-10-24)43-32(34,35)36/h9-16,19-20,23H,2-8,17-18,21H2,1H3,(H,37,40). The van der Waals surface area contributed by atoms with Gasteiger partial charge in [-0.25, -0.2) is 12.8 Å². The zero-order chi connectivity index (χ0) is 31.5. The van der Waals surface area contributed by atoms with Gasteiger partial charge in [-0.3, -0.25) is 9.78 Å². The van der Waals surface area contributed by atoms with Crippen LogP contribution in [-0.4, -0.2) is 42.1 Å². The Hall–Kier alpha value is -3.51. The second-order valence-electron chi connectivity index (χ2n) is 11.4. The highest BCUT2D eigenvalue weighted by atomic mass is 32.2. The van der Waals surface area contributed by atoms with Crippen LogP contribution in [0.4, 0.5) is 17.6 Å². The van der Waals surface area contributed by atoms with Crippen molar-refractivity contribution in [2.45, 2.75) is 87.5 Å². The SMILES string of the molecule is CCN(C1(C(=O)NCc2cc(-c3ccc(OC(F)(F)F)cc3)nc(C3CCCCCC3)c2)CC1)S(=O)(=O)c1ccc(F)cc1. The van der Waals surface area contributed by atoms with E-state index in [-0.39, 0.29) is 29.7 Å². The number of nitrogens with one attached hydrogen (secondary N) is 1. The fraction of sp³-hybridized carbons (Fsp3) is 0.438. The third kappa shape index (κ3) is 7.23. The minimum atomic E-state index is -4.80. The fourth-order valence-electron chi connectivity index (χ4n) is 5.96. The largest absolute Gasteiger partial charge is 0.573 e. The predicted molar refractivity (Wildman–Crippen MR) is 157 cm³/mol. The van der Waals surface area contributed by atoms with E-state index in [1.807, 2.05) is 6.07 Å². The number of aromatic nitrogens is 1. The highest BCUT2D eigenvalue weighted by molar-refractivity contribution is 7.89. The molecule has 1 heterocycles. The van der Waals surface area contributed by atoms with Gasteiger partial charge in [-0.15, -0.1) is 13.2 Å². The number of halogens is 4. The molecule has 0 atom stereocenters. The lowest BCUT2D eigenvalue weighted by molar-refractivity contribution is -0.274. The van der Waals surface area contributed by atoms with Gasteiger partial charge in [0.05, 0.1) is 10.6 Å². The first-order valence-corrected chi connectivity index (χ1v) is 16.3. The molecule has 1 aromatic heterocycles. The van der Waals surface area contributed by atoms with Crippen LogP contribution in [0.2, 0.25) is 0 Å². The van der Waals surface area contributed by atoms with E-state index < -0.39 is 33.6 Å². The van der Waals surface area contributed by atoms with E-state index in [0.29, 0.717) is 24.1 Å². The van der Waals surface area contributed by atoms with Crippen molar-refractivity contribution < 1.29 is 35.5 Å². The molecule has 2 saturated carbocycles. The average molecular weight is 634 g/mol. The molecule has 44 heavy (non-hydrogen) atoms. The number of ether oxygens (including phenoxy) is 1. The number of rotatable bonds is 10. The number of pyridine rings is 1. The number of nitrogens with zero attached hydrogens (tertiary/aromatic N) is 2. The molecule has 5 rings (SSSR count). The molecule has 2 aliphatic rings. The molecule has 0 unspecified atom stereocenters. The maximum Gasteiger partial charge on any atom is 0.573 e. The quantitative estimate of drug-likeness (QED) is 0.190. The molecule has 7 nitrogen and oxygen atoms in total. The average Bonchev–Trinajstić information content (AvgIpc) is 3.81. The highest BCUT2D eigenvalue weighted by Gasteiger charge is 2.58. The zero-order valence-electron chi connectivity index (χ0n) is 24.4. The van der Waals surface area contributed by atoms with Crippen LogP contribution >= 0.6 is 0 Å². The molecular formula is C32H35F4N3O4S. The number of likely N-dealkylation sites (N-methyl/N-ethyl adjacent to an activating group) is 1. The summed E-state index contributed by atoms with van der Waals surface area (Å²) >= 11 is 0. The van der Waals surface area contributed by atoms with Gasteiger partial charge >= 0.3 is 6.36 Å². The normalized spacial score (nSPS) is 17.2. The molecular weight excluding hydrogens is 598 g/mol. The van der Waals surface area contributed by atoms with E-state index >= 15 is 0 Å². The number of sulfonamides is 1. The highest BCUT2D eigenvalue weighted by Crippen LogP contribution is 2.45. The Balaban J connectivity index is 1.39. The molecule has 0 spiro atoms. The lowest BCUT2D eigenvalue weighted by Gasteiger charge is -2.29. The minimum absolute atomic E-state index is 0.0619. The Labute approximate surface area is 254 Å². The number of hydrogen-bond acceptors (Lipinski definition) is 5. The van der Waals surface area contributed by atoms with E-state index in [2.05, 4.69) is 10.1 Å². The Kier molecular flexibility index (Phi) is 9.31. The first kappa shape index (κ1) is 31.9. The van der Waals surface area contributed by atoms with Crippen LogP contribution in [0.5, 0.6) is 5.75 Å². The summed E-state index contributed by atoms with van der Waals surface area (Å²) in [6, 6.07) is 13.8. The molecule has 2 aromatic carbocycles. The first-order valence-electron chi connectivity index (χ1n) is 14.8. The van der Waals surface area contributed by atoms with E-state index in [4.69, 9.17) is 4.98 Å². The van der Waals surface area contributed by atoms with Gasteiger partial charge in [0.2, 0.25) is 15.9 Å². The fourth-order valence-corrected chi connectivity index (χ4v) is 7.76. The number of alkyl halides is 3. The number of hydrogen-bond donors (Lipinski definition) is 1. The summed E-state index contributed by atoms with van der Waals surface area (Å²) in [6.07, 6.45) is 2.30. The molecule has 0 bridgehead atoms. The number of carbonyl (C=O) groups excluding carboxylic acids is 1. The predicted octanol–water partition coefficient (Wildman–Crippen LogP) is 7.08. The van der Waals surface area contributed by atoms with Gasteiger partial charge in [-0.05, 0) is 91.9 Å². The second kappa shape index (κ2) is 12.8. The van der Waals surface area contributed by atoms with Gasteiger partial charge in [0.25, 0.3) is 0 Å². The van der Waals surface area contributed by atoms with Crippen LogP contribution in [0.1, 0.15) is 75.5 Å². The van der Waals surface area contributed by atoms with E-state index in [0.717, 1.165) is 61.9 Å². The molecule has 2 fully saturated rings. The van der Waals surface area contributed by atoms with Crippen molar-refractivity contribution in [3.8, 4) is 17.0 Å². The van der Waals surface area contributed by atoms with Crippen LogP contribution in [0.15, 0.2) is 65.6 Å². The van der Waals surface area contributed by atoms with Crippen molar-refractivity contribution >= 4 is 15.9 Å².